The first kappa shape index (κ1) is 14.5. The van der Waals surface area contributed by atoms with Gasteiger partial charge < -0.3 is 5.32 Å². The zero-order valence-corrected chi connectivity index (χ0v) is 12.4. The predicted molar refractivity (Wildman–Crippen MR) is 80.1 cm³/mol. The molecule has 0 spiro atoms. The second kappa shape index (κ2) is 7.61. The summed E-state index contributed by atoms with van der Waals surface area (Å²) in [5.74, 6) is 0.810. The van der Waals surface area contributed by atoms with Crippen molar-refractivity contribution < 1.29 is 0 Å². The first-order valence-electron chi connectivity index (χ1n) is 7.63. The molecule has 0 bridgehead atoms. The molecule has 3 nitrogen and oxygen atoms in total. The van der Waals surface area contributed by atoms with Crippen molar-refractivity contribution in [3.05, 3.63) is 29.6 Å². The molecule has 1 aliphatic rings. The lowest BCUT2D eigenvalue weighted by molar-refractivity contribution is 0.199. The summed E-state index contributed by atoms with van der Waals surface area (Å²) in [5, 5.41) is 3.52. The molecule has 106 valence electrons. The van der Waals surface area contributed by atoms with Crippen molar-refractivity contribution >= 4 is 0 Å². The molecule has 1 unspecified atom stereocenters. The van der Waals surface area contributed by atoms with Crippen LogP contribution in [0.25, 0.3) is 0 Å². The van der Waals surface area contributed by atoms with Crippen LogP contribution >= 0.6 is 0 Å². The summed E-state index contributed by atoms with van der Waals surface area (Å²) in [6.07, 6.45) is 5.82. The normalized spacial score (nSPS) is 19.8. The summed E-state index contributed by atoms with van der Waals surface area (Å²) >= 11 is 0. The van der Waals surface area contributed by atoms with Gasteiger partial charge >= 0.3 is 0 Å². The molecule has 1 aromatic rings. The van der Waals surface area contributed by atoms with Crippen molar-refractivity contribution in [2.24, 2.45) is 5.92 Å². The van der Waals surface area contributed by atoms with Gasteiger partial charge in [-0.25, -0.2) is 0 Å². The van der Waals surface area contributed by atoms with Crippen molar-refractivity contribution in [3.63, 3.8) is 0 Å². The number of hydrogen-bond donors (Lipinski definition) is 1. The first-order chi connectivity index (χ1) is 9.29. The SMILES string of the molecule is CCCN(Cc1ncccc1C)CC1CCCNC1. The van der Waals surface area contributed by atoms with Crippen LogP contribution in [0.4, 0.5) is 0 Å². The van der Waals surface area contributed by atoms with E-state index in [1.807, 2.05) is 12.3 Å². The smallest absolute Gasteiger partial charge is 0.0573 e. The summed E-state index contributed by atoms with van der Waals surface area (Å²) in [6.45, 7) is 10.2. The lowest BCUT2D eigenvalue weighted by Crippen LogP contribution is -2.38. The van der Waals surface area contributed by atoms with E-state index in [4.69, 9.17) is 0 Å². The molecular weight excluding hydrogens is 234 g/mol. The fraction of sp³-hybridized carbons (Fsp3) is 0.688. The third kappa shape index (κ3) is 4.59. The minimum Gasteiger partial charge on any atom is -0.316 e. The van der Waals surface area contributed by atoms with Crippen LogP contribution in [-0.2, 0) is 6.54 Å². The van der Waals surface area contributed by atoms with E-state index in [1.165, 1.54) is 56.7 Å². The van der Waals surface area contributed by atoms with Crippen LogP contribution in [0.1, 0.15) is 37.4 Å². The van der Waals surface area contributed by atoms with Crippen molar-refractivity contribution in [2.75, 3.05) is 26.2 Å². The molecule has 1 N–H and O–H groups in total. The van der Waals surface area contributed by atoms with Gasteiger partial charge in [0, 0.05) is 19.3 Å². The van der Waals surface area contributed by atoms with Crippen molar-refractivity contribution in [1.82, 2.24) is 15.2 Å². The van der Waals surface area contributed by atoms with Gasteiger partial charge in [0.05, 0.1) is 5.69 Å². The fourth-order valence-corrected chi connectivity index (χ4v) is 2.89. The van der Waals surface area contributed by atoms with Crippen LogP contribution in [0, 0.1) is 12.8 Å². The predicted octanol–water partition coefficient (Wildman–Crippen LogP) is 2.60. The van der Waals surface area contributed by atoms with E-state index < -0.39 is 0 Å². The van der Waals surface area contributed by atoms with E-state index >= 15 is 0 Å². The van der Waals surface area contributed by atoms with Gasteiger partial charge in [-0.3, -0.25) is 9.88 Å². The van der Waals surface area contributed by atoms with Gasteiger partial charge in [-0.1, -0.05) is 13.0 Å². The highest BCUT2D eigenvalue weighted by molar-refractivity contribution is 5.17. The highest BCUT2D eigenvalue weighted by atomic mass is 15.1. The number of piperidine rings is 1. The average Bonchev–Trinajstić information content (AvgIpc) is 2.43. The van der Waals surface area contributed by atoms with Crippen LogP contribution in [0.2, 0.25) is 0 Å². The molecule has 0 radical (unpaired) electrons. The average molecular weight is 261 g/mol. The van der Waals surface area contributed by atoms with Crippen LogP contribution in [0.3, 0.4) is 0 Å². The number of aryl methyl sites for hydroxylation is 1. The molecule has 0 aliphatic carbocycles. The maximum atomic E-state index is 4.54. The van der Waals surface area contributed by atoms with Gasteiger partial charge in [-0.2, -0.15) is 0 Å². The summed E-state index contributed by atoms with van der Waals surface area (Å²) in [6, 6.07) is 4.18. The molecule has 2 heterocycles. The van der Waals surface area contributed by atoms with Gasteiger partial charge in [0.1, 0.15) is 0 Å². The lowest BCUT2D eigenvalue weighted by Gasteiger charge is -2.30. The Balaban J connectivity index is 1.93. The molecule has 1 aliphatic heterocycles. The number of nitrogens with one attached hydrogen (secondary N) is 1. The van der Waals surface area contributed by atoms with Crippen LogP contribution in [0.5, 0.6) is 0 Å². The molecule has 1 aromatic heterocycles. The molecule has 0 saturated carbocycles. The number of pyridine rings is 1. The standard InChI is InChI=1S/C16H27N3/c1-3-10-19(12-15-7-5-8-17-11-15)13-16-14(2)6-4-9-18-16/h4,6,9,15,17H,3,5,7-8,10-13H2,1-2H3. The van der Waals surface area contributed by atoms with Gasteiger partial charge in [0.2, 0.25) is 0 Å². The highest BCUT2D eigenvalue weighted by Crippen LogP contribution is 2.15. The van der Waals surface area contributed by atoms with E-state index in [-0.39, 0.29) is 0 Å². The Morgan fingerprint density at radius 3 is 3.05 bits per heavy atom. The van der Waals surface area contributed by atoms with Gasteiger partial charge in [0.15, 0.2) is 0 Å². The molecule has 2 rings (SSSR count). The Labute approximate surface area is 117 Å². The summed E-state index contributed by atoms with van der Waals surface area (Å²) < 4.78 is 0. The first-order valence-corrected chi connectivity index (χ1v) is 7.63. The van der Waals surface area contributed by atoms with Crippen LogP contribution in [0.15, 0.2) is 18.3 Å². The van der Waals surface area contributed by atoms with Crippen molar-refractivity contribution in [1.29, 1.82) is 0 Å². The Bertz CT molecular complexity index is 372. The Morgan fingerprint density at radius 1 is 1.47 bits per heavy atom. The van der Waals surface area contributed by atoms with E-state index in [2.05, 4.69) is 35.1 Å². The molecule has 0 aromatic carbocycles. The Kier molecular flexibility index (Phi) is 5.80. The van der Waals surface area contributed by atoms with Gasteiger partial charge in [0.25, 0.3) is 0 Å². The topological polar surface area (TPSA) is 28.2 Å². The summed E-state index contributed by atoms with van der Waals surface area (Å²) in [4.78, 5) is 7.11. The van der Waals surface area contributed by atoms with E-state index in [0.717, 1.165) is 12.5 Å². The van der Waals surface area contributed by atoms with Crippen molar-refractivity contribution in [3.8, 4) is 0 Å². The molecule has 19 heavy (non-hydrogen) atoms. The van der Waals surface area contributed by atoms with Crippen LogP contribution < -0.4 is 5.32 Å². The maximum Gasteiger partial charge on any atom is 0.0573 e. The lowest BCUT2D eigenvalue weighted by atomic mass is 9.99. The quantitative estimate of drug-likeness (QED) is 0.853. The van der Waals surface area contributed by atoms with E-state index in [1.54, 1.807) is 0 Å². The molecule has 0 amide bonds. The van der Waals surface area contributed by atoms with E-state index in [0.29, 0.717) is 0 Å². The highest BCUT2D eigenvalue weighted by Gasteiger charge is 2.17. The number of rotatable bonds is 6. The summed E-state index contributed by atoms with van der Waals surface area (Å²) in [5.41, 5.74) is 2.55. The monoisotopic (exact) mass is 261 g/mol. The fourth-order valence-electron chi connectivity index (χ4n) is 2.89. The summed E-state index contributed by atoms with van der Waals surface area (Å²) in [7, 11) is 0. The van der Waals surface area contributed by atoms with E-state index in [9.17, 15) is 0 Å². The second-order valence-electron chi connectivity index (χ2n) is 5.71. The maximum absolute atomic E-state index is 4.54. The third-order valence-corrected chi connectivity index (χ3v) is 3.95. The minimum absolute atomic E-state index is 0.810. The zero-order chi connectivity index (χ0) is 13.5. The largest absolute Gasteiger partial charge is 0.316 e. The minimum atomic E-state index is 0.810. The van der Waals surface area contributed by atoms with Crippen LogP contribution in [-0.4, -0.2) is 36.1 Å². The third-order valence-electron chi connectivity index (χ3n) is 3.95. The molecule has 1 atom stereocenters. The Morgan fingerprint density at radius 2 is 2.37 bits per heavy atom. The van der Waals surface area contributed by atoms with Crippen molar-refractivity contribution in [2.45, 2.75) is 39.7 Å². The molecule has 1 saturated heterocycles. The number of nitrogens with zero attached hydrogens (tertiary/aromatic N) is 2. The molecule has 1 fully saturated rings. The molecule has 3 heteroatoms. The number of hydrogen-bond acceptors (Lipinski definition) is 3. The van der Waals surface area contributed by atoms with Gasteiger partial charge in [-0.05, 0) is 63.4 Å². The van der Waals surface area contributed by atoms with Gasteiger partial charge in [-0.15, -0.1) is 0 Å². The zero-order valence-electron chi connectivity index (χ0n) is 12.4. The molecular formula is C16H27N3. The second-order valence-corrected chi connectivity index (χ2v) is 5.71. The number of aromatic nitrogens is 1. The Hall–Kier alpha value is -0.930.